The van der Waals surface area contributed by atoms with Crippen molar-refractivity contribution in [2.75, 3.05) is 22.7 Å². The van der Waals surface area contributed by atoms with Gasteiger partial charge in [0.05, 0.1) is 27.0 Å². The molecule has 0 bridgehead atoms. The highest BCUT2D eigenvalue weighted by atomic mass is 35.5. The lowest BCUT2D eigenvalue weighted by molar-refractivity contribution is 0.102. The van der Waals surface area contributed by atoms with Gasteiger partial charge >= 0.3 is 10.2 Å². The first kappa shape index (κ1) is 22.6. The second-order valence-electron chi connectivity index (χ2n) is 7.67. The number of rotatable bonds is 4. The fourth-order valence-corrected chi connectivity index (χ4v) is 5.60. The molecule has 1 aliphatic heterocycles. The van der Waals surface area contributed by atoms with Crippen LogP contribution in [0.3, 0.4) is 0 Å². The summed E-state index contributed by atoms with van der Waals surface area (Å²) in [6.07, 6.45) is 1.72. The normalized spacial score (nSPS) is 14.9. The van der Waals surface area contributed by atoms with Gasteiger partial charge in [0.15, 0.2) is 0 Å². The van der Waals surface area contributed by atoms with Gasteiger partial charge in [-0.1, -0.05) is 47.5 Å². The van der Waals surface area contributed by atoms with Crippen molar-refractivity contribution in [2.24, 2.45) is 0 Å². The smallest absolute Gasteiger partial charge is 0.301 e. The van der Waals surface area contributed by atoms with Gasteiger partial charge in [-0.05, 0) is 47.9 Å². The number of nitrogens with zero attached hydrogens (tertiary/aromatic N) is 2. The maximum absolute atomic E-state index is 13.0. The van der Waals surface area contributed by atoms with Crippen LogP contribution in [0.1, 0.15) is 10.4 Å². The zero-order chi connectivity index (χ0) is 23.9. The van der Waals surface area contributed by atoms with E-state index >= 15 is 0 Å². The van der Waals surface area contributed by atoms with Crippen LogP contribution in [0, 0.1) is 0 Å². The molecular formula is C24H18Cl2N4O3S. The molecule has 10 heteroatoms. The summed E-state index contributed by atoms with van der Waals surface area (Å²) in [5.41, 5.74) is 2.52. The van der Waals surface area contributed by atoms with E-state index in [4.69, 9.17) is 23.2 Å². The Morgan fingerprint density at radius 3 is 2.59 bits per heavy atom. The lowest BCUT2D eigenvalue weighted by atomic mass is 10.0. The SMILES string of the molecule is O=C(Nc1ccc(Cl)c(-c2nccc3ccccc23)c1)c1ccc(N2CCNS2(=O)=O)cc1Cl. The van der Waals surface area contributed by atoms with Crippen LogP contribution < -0.4 is 14.3 Å². The van der Waals surface area contributed by atoms with E-state index in [1.807, 2.05) is 30.3 Å². The first-order valence-corrected chi connectivity index (χ1v) is 12.5. The van der Waals surface area contributed by atoms with Crippen molar-refractivity contribution in [3.8, 4) is 11.3 Å². The second kappa shape index (κ2) is 8.88. The Bertz CT molecular complexity index is 1540. The van der Waals surface area contributed by atoms with Gasteiger partial charge in [-0.3, -0.25) is 14.1 Å². The van der Waals surface area contributed by atoms with Crippen LogP contribution in [0.5, 0.6) is 0 Å². The summed E-state index contributed by atoms with van der Waals surface area (Å²) in [6, 6.07) is 19.5. The van der Waals surface area contributed by atoms with E-state index in [0.717, 1.165) is 10.8 Å². The third-order valence-corrected chi connectivity index (χ3v) is 7.71. The molecule has 1 aromatic heterocycles. The number of anilines is 2. The lowest BCUT2D eigenvalue weighted by Crippen LogP contribution is -2.29. The van der Waals surface area contributed by atoms with E-state index in [1.165, 1.54) is 16.4 Å². The van der Waals surface area contributed by atoms with E-state index < -0.39 is 16.1 Å². The molecule has 7 nitrogen and oxygen atoms in total. The molecule has 0 saturated carbocycles. The van der Waals surface area contributed by atoms with Gasteiger partial charge < -0.3 is 5.32 Å². The number of aromatic nitrogens is 1. The van der Waals surface area contributed by atoms with E-state index in [9.17, 15) is 13.2 Å². The molecule has 1 amide bonds. The minimum absolute atomic E-state index is 0.141. The number of carbonyl (C=O) groups excluding carboxylic acids is 1. The van der Waals surface area contributed by atoms with Gasteiger partial charge in [0.2, 0.25) is 0 Å². The predicted octanol–water partition coefficient (Wildman–Crippen LogP) is 5.12. The molecule has 1 saturated heterocycles. The van der Waals surface area contributed by atoms with Crippen molar-refractivity contribution >= 4 is 61.5 Å². The van der Waals surface area contributed by atoms with Crippen LogP contribution in [-0.2, 0) is 10.2 Å². The number of nitrogens with one attached hydrogen (secondary N) is 2. The van der Waals surface area contributed by atoms with Crippen molar-refractivity contribution in [1.29, 1.82) is 0 Å². The lowest BCUT2D eigenvalue weighted by Gasteiger charge is -2.17. The van der Waals surface area contributed by atoms with E-state index in [2.05, 4.69) is 15.0 Å². The predicted molar refractivity (Wildman–Crippen MR) is 136 cm³/mol. The van der Waals surface area contributed by atoms with E-state index in [0.29, 0.717) is 40.7 Å². The first-order valence-electron chi connectivity index (χ1n) is 10.4. The standard InChI is InChI=1S/C24H18Cl2N4O3S/c25-21-8-5-16(13-20(21)23-18-4-2-1-3-15(18)9-10-27-23)29-24(31)19-7-6-17(14-22(19)26)30-12-11-28-34(30,32)33/h1-10,13-14,28H,11-12H2,(H,29,31). The van der Waals surface area contributed by atoms with E-state index in [1.54, 1.807) is 30.5 Å². The molecule has 2 N–H and O–H groups in total. The highest BCUT2D eigenvalue weighted by Crippen LogP contribution is 2.34. The number of carbonyl (C=O) groups is 1. The molecule has 172 valence electrons. The molecule has 34 heavy (non-hydrogen) atoms. The van der Waals surface area contributed by atoms with Gasteiger partial charge in [-0.2, -0.15) is 13.1 Å². The molecule has 0 radical (unpaired) electrons. The number of hydrogen-bond donors (Lipinski definition) is 2. The van der Waals surface area contributed by atoms with Gasteiger partial charge in [-0.15, -0.1) is 0 Å². The minimum Gasteiger partial charge on any atom is -0.322 e. The van der Waals surface area contributed by atoms with Crippen molar-refractivity contribution in [3.05, 3.63) is 88.5 Å². The maximum atomic E-state index is 13.0. The van der Waals surface area contributed by atoms with Crippen molar-refractivity contribution in [3.63, 3.8) is 0 Å². The maximum Gasteiger partial charge on any atom is 0.301 e. The molecule has 2 heterocycles. The fourth-order valence-electron chi connectivity index (χ4n) is 3.90. The summed E-state index contributed by atoms with van der Waals surface area (Å²) in [5, 5.41) is 5.45. The molecule has 0 spiro atoms. The van der Waals surface area contributed by atoms with Crippen molar-refractivity contribution in [2.45, 2.75) is 0 Å². The Morgan fingerprint density at radius 1 is 1.00 bits per heavy atom. The average molecular weight is 513 g/mol. The second-order valence-corrected chi connectivity index (χ2v) is 10.2. The largest absolute Gasteiger partial charge is 0.322 e. The van der Waals surface area contributed by atoms with Crippen LogP contribution in [0.15, 0.2) is 72.9 Å². The van der Waals surface area contributed by atoms with Crippen LogP contribution in [-0.4, -0.2) is 32.4 Å². The molecule has 1 fully saturated rings. The van der Waals surface area contributed by atoms with Gasteiger partial charge in [0, 0.05) is 35.9 Å². The molecule has 0 atom stereocenters. The molecule has 4 aromatic rings. The van der Waals surface area contributed by atoms with Gasteiger partial charge in [0.25, 0.3) is 5.91 Å². The van der Waals surface area contributed by atoms with Crippen molar-refractivity contribution < 1.29 is 13.2 Å². The fraction of sp³-hybridized carbons (Fsp3) is 0.0833. The number of amides is 1. The summed E-state index contributed by atoms with van der Waals surface area (Å²) >= 11 is 12.8. The zero-order valence-corrected chi connectivity index (χ0v) is 20.0. The Kier molecular flexibility index (Phi) is 5.91. The van der Waals surface area contributed by atoms with Gasteiger partial charge in [0.1, 0.15) is 0 Å². The van der Waals surface area contributed by atoms with Crippen LogP contribution in [0.25, 0.3) is 22.0 Å². The minimum atomic E-state index is -3.58. The summed E-state index contributed by atoms with van der Waals surface area (Å²) in [5.74, 6) is -0.432. The molecule has 5 rings (SSSR count). The number of pyridine rings is 1. The number of benzene rings is 3. The van der Waals surface area contributed by atoms with Crippen LogP contribution in [0.2, 0.25) is 10.0 Å². The third kappa shape index (κ3) is 4.21. The molecule has 0 aliphatic carbocycles. The molecule has 0 unspecified atom stereocenters. The Labute approximate surface area is 206 Å². The Balaban J connectivity index is 1.44. The third-order valence-electron chi connectivity index (χ3n) is 5.53. The summed E-state index contributed by atoms with van der Waals surface area (Å²) < 4.78 is 27.8. The number of halogens is 2. The molecule has 3 aromatic carbocycles. The number of hydrogen-bond acceptors (Lipinski definition) is 4. The summed E-state index contributed by atoms with van der Waals surface area (Å²) in [4.78, 5) is 17.5. The zero-order valence-electron chi connectivity index (χ0n) is 17.6. The Morgan fingerprint density at radius 2 is 1.82 bits per heavy atom. The Hall–Kier alpha value is -3.17. The van der Waals surface area contributed by atoms with Crippen molar-refractivity contribution in [1.82, 2.24) is 9.71 Å². The first-order chi connectivity index (χ1) is 16.3. The average Bonchev–Trinajstić information content (AvgIpc) is 3.18. The summed E-state index contributed by atoms with van der Waals surface area (Å²) in [7, 11) is -3.58. The van der Waals surface area contributed by atoms with Crippen LogP contribution in [0.4, 0.5) is 11.4 Å². The quantitative estimate of drug-likeness (QED) is 0.397. The van der Waals surface area contributed by atoms with Gasteiger partial charge in [-0.25, -0.2) is 0 Å². The summed E-state index contributed by atoms with van der Waals surface area (Å²) in [6.45, 7) is 0.604. The molecular weight excluding hydrogens is 495 g/mol. The molecule has 1 aliphatic rings. The highest BCUT2D eigenvalue weighted by Gasteiger charge is 2.28. The number of fused-ring (bicyclic) bond motifs is 1. The topological polar surface area (TPSA) is 91.4 Å². The monoisotopic (exact) mass is 512 g/mol. The highest BCUT2D eigenvalue weighted by molar-refractivity contribution is 7.91. The van der Waals surface area contributed by atoms with E-state index in [-0.39, 0.29) is 10.6 Å². The van der Waals surface area contributed by atoms with Crippen LogP contribution >= 0.6 is 23.2 Å².